The Bertz CT molecular complexity index is 3880. The molecule has 2 heteroatoms. The van der Waals surface area contributed by atoms with E-state index in [1.165, 1.54) is 115 Å². The number of para-hydroxylation sites is 3. The fourth-order valence-electron chi connectivity index (χ4n) is 10.3. The second kappa shape index (κ2) is 12.8. The first-order valence-electron chi connectivity index (χ1n) is 20.8. The van der Waals surface area contributed by atoms with Gasteiger partial charge in [-0.05, 0) is 126 Å². The van der Waals surface area contributed by atoms with E-state index in [4.69, 9.17) is 0 Å². The molecule has 0 fully saturated rings. The summed E-state index contributed by atoms with van der Waals surface area (Å²) in [6.45, 7) is 0. The predicted octanol–water partition coefficient (Wildman–Crippen LogP) is 15.8. The van der Waals surface area contributed by atoms with Gasteiger partial charge in [0.05, 0.1) is 22.1 Å². The van der Waals surface area contributed by atoms with Gasteiger partial charge in [-0.3, -0.25) is 0 Å². The van der Waals surface area contributed by atoms with Gasteiger partial charge in [0.25, 0.3) is 0 Å². The summed E-state index contributed by atoms with van der Waals surface area (Å²) in [4.78, 5) is 0. The van der Waals surface area contributed by atoms with Crippen LogP contribution in [-0.4, -0.2) is 9.13 Å². The minimum absolute atomic E-state index is 1.14. The molecule has 0 aliphatic rings. The predicted molar refractivity (Wildman–Crippen MR) is 256 cm³/mol. The van der Waals surface area contributed by atoms with Crippen LogP contribution < -0.4 is 0 Å². The average Bonchev–Trinajstić information content (AvgIpc) is 3.84. The molecule has 0 aliphatic carbocycles. The Kier molecular flexibility index (Phi) is 7.05. The van der Waals surface area contributed by atoms with Crippen molar-refractivity contribution in [3.8, 4) is 33.6 Å². The van der Waals surface area contributed by atoms with Gasteiger partial charge >= 0.3 is 0 Å². The van der Waals surface area contributed by atoms with Gasteiger partial charge in [0.1, 0.15) is 0 Å². The standard InChI is InChI=1S/C58H36N2/c1-2-16-40(17-3-1)59-55-28-13-11-24-47(55)52-34-37(30-32-56(52)59)38-29-31-48-46-23-10-12-27-54(46)60(57(48)35-38)41-18-14-15-39(33-41)51-36-53-44-21-5-4-19-42(44)43-20-6-8-25-49(43)58(53)50-26-9-7-22-45(50)51/h1-36H. The van der Waals surface area contributed by atoms with Crippen molar-refractivity contribution >= 4 is 86.7 Å². The first kappa shape index (κ1) is 33.1. The molecule has 0 N–H and O–H groups in total. The van der Waals surface area contributed by atoms with Gasteiger partial charge in [0, 0.05) is 32.9 Å². The van der Waals surface area contributed by atoms with Crippen LogP contribution in [0.25, 0.3) is 120 Å². The van der Waals surface area contributed by atoms with Gasteiger partial charge in [-0.1, -0.05) is 158 Å². The quantitative estimate of drug-likeness (QED) is 0.158. The molecule has 0 unspecified atom stereocenters. The van der Waals surface area contributed by atoms with Crippen molar-refractivity contribution in [3.05, 3.63) is 218 Å². The van der Waals surface area contributed by atoms with Crippen molar-refractivity contribution in [2.45, 2.75) is 0 Å². The molecular formula is C58H36N2. The summed E-state index contributed by atoms with van der Waals surface area (Å²) in [5.74, 6) is 0. The van der Waals surface area contributed by atoms with Crippen molar-refractivity contribution in [1.82, 2.24) is 9.13 Å². The van der Waals surface area contributed by atoms with E-state index >= 15 is 0 Å². The highest BCUT2D eigenvalue weighted by Crippen LogP contribution is 2.44. The van der Waals surface area contributed by atoms with Crippen LogP contribution >= 0.6 is 0 Å². The molecule has 0 amide bonds. The minimum atomic E-state index is 1.14. The zero-order chi connectivity index (χ0) is 39.3. The Morgan fingerprint density at radius 1 is 0.217 bits per heavy atom. The molecule has 13 aromatic rings. The zero-order valence-corrected chi connectivity index (χ0v) is 32.7. The molecule has 0 radical (unpaired) electrons. The summed E-state index contributed by atoms with van der Waals surface area (Å²) in [5, 5.41) is 15.3. The van der Waals surface area contributed by atoms with E-state index in [9.17, 15) is 0 Å². The van der Waals surface area contributed by atoms with Gasteiger partial charge in [-0.15, -0.1) is 0 Å². The Labute approximate surface area is 346 Å². The van der Waals surface area contributed by atoms with E-state index in [-0.39, 0.29) is 0 Å². The highest BCUT2D eigenvalue weighted by atomic mass is 15.0. The van der Waals surface area contributed by atoms with E-state index in [1.807, 2.05) is 0 Å². The third-order valence-corrected chi connectivity index (χ3v) is 12.9. The Hall–Kier alpha value is -7.94. The van der Waals surface area contributed by atoms with E-state index in [0.717, 1.165) is 5.69 Å². The fourth-order valence-corrected chi connectivity index (χ4v) is 10.3. The highest BCUT2D eigenvalue weighted by Gasteiger charge is 2.18. The third kappa shape index (κ3) is 4.76. The van der Waals surface area contributed by atoms with Crippen LogP contribution in [-0.2, 0) is 0 Å². The number of rotatable bonds is 4. The van der Waals surface area contributed by atoms with E-state index in [1.54, 1.807) is 0 Å². The number of hydrogen-bond acceptors (Lipinski definition) is 0. The van der Waals surface area contributed by atoms with Crippen molar-refractivity contribution < 1.29 is 0 Å². The van der Waals surface area contributed by atoms with Crippen molar-refractivity contribution in [2.24, 2.45) is 0 Å². The molecule has 0 aliphatic heterocycles. The summed E-state index contributed by atoms with van der Waals surface area (Å²) in [7, 11) is 0. The van der Waals surface area contributed by atoms with Gasteiger partial charge in [0.15, 0.2) is 0 Å². The molecular weight excluding hydrogens is 725 g/mol. The van der Waals surface area contributed by atoms with Crippen molar-refractivity contribution in [1.29, 1.82) is 0 Å². The van der Waals surface area contributed by atoms with Crippen LogP contribution in [0.1, 0.15) is 0 Å². The Balaban J connectivity index is 1.02. The molecule has 278 valence electrons. The number of hydrogen-bond donors (Lipinski definition) is 0. The lowest BCUT2D eigenvalue weighted by atomic mass is 9.87. The summed E-state index contributed by atoms with van der Waals surface area (Å²) in [6.07, 6.45) is 0. The number of fused-ring (bicyclic) bond motifs is 14. The molecule has 0 saturated heterocycles. The number of aromatic nitrogens is 2. The molecule has 0 bridgehead atoms. The molecule has 11 aromatic carbocycles. The molecule has 2 heterocycles. The van der Waals surface area contributed by atoms with Crippen molar-refractivity contribution in [3.63, 3.8) is 0 Å². The molecule has 60 heavy (non-hydrogen) atoms. The zero-order valence-electron chi connectivity index (χ0n) is 32.7. The third-order valence-electron chi connectivity index (χ3n) is 12.9. The Morgan fingerprint density at radius 2 is 0.700 bits per heavy atom. The fraction of sp³-hybridized carbons (Fsp3) is 0. The van der Waals surface area contributed by atoms with Gasteiger partial charge < -0.3 is 9.13 Å². The average molecular weight is 761 g/mol. The summed E-state index contributed by atoms with van der Waals surface area (Å²) < 4.78 is 4.84. The highest BCUT2D eigenvalue weighted by molar-refractivity contribution is 6.33. The lowest BCUT2D eigenvalue weighted by molar-refractivity contribution is 1.18. The van der Waals surface area contributed by atoms with E-state index < -0.39 is 0 Å². The normalized spacial score (nSPS) is 12.0. The molecule has 0 spiro atoms. The van der Waals surface area contributed by atoms with Crippen LogP contribution in [0.3, 0.4) is 0 Å². The van der Waals surface area contributed by atoms with Crippen LogP contribution in [0.15, 0.2) is 218 Å². The smallest absolute Gasteiger partial charge is 0.0547 e. The molecule has 0 saturated carbocycles. The van der Waals surface area contributed by atoms with Crippen LogP contribution in [0, 0.1) is 0 Å². The summed E-state index contributed by atoms with van der Waals surface area (Å²) >= 11 is 0. The molecule has 13 rings (SSSR count). The Morgan fingerprint density at radius 3 is 1.43 bits per heavy atom. The summed E-state index contributed by atoms with van der Waals surface area (Å²) in [5.41, 5.74) is 12.0. The van der Waals surface area contributed by atoms with Gasteiger partial charge in [-0.25, -0.2) is 0 Å². The molecule has 0 atom stereocenters. The minimum Gasteiger partial charge on any atom is -0.309 e. The molecule has 2 nitrogen and oxygen atoms in total. The maximum Gasteiger partial charge on any atom is 0.0547 e. The number of nitrogens with zero attached hydrogens (tertiary/aromatic N) is 2. The lowest BCUT2D eigenvalue weighted by Gasteiger charge is -2.17. The first-order valence-corrected chi connectivity index (χ1v) is 20.8. The van der Waals surface area contributed by atoms with Crippen LogP contribution in [0.4, 0.5) is 0 Å². The van der Waals surface area contributed by atoms with E-state index in [2.05, 4.69) is 228 Å². The monoisotopic (exact) mass is 760 g/mol. The largest absolute Gasteiger partial charge is 0.309 e. The van der Waals surface area contributed by atoms with Gasteiger partial charge in [0.2, 0.25) is 0 Å². The maximum absolute atomic E-state index is 2.46. The van der Waals surface area contributed by atoms with Crippen molar-refractivity contribution in [2.75, 3.05) is 0 Å². The second-order valence-electron chi connectivity index (χ2n) is 16.0. The second-order valence-corrected chi connectivity index (χ2v) is 16.0. The summed E-state index contributed by atoms with van der Waals surface area (Å²) in [6, 6.07) is 80.5. The first-order chi connectivity index (χ1) is 29.8. The van der Waals surface area contributed by atoms with Crippen LogP contribution in [0.5, 0.6) is 0 Å². The topological polar surface area (TPSA) is 9.86 Å². The maximum atomic E-state index is 2.46. The molecule has 2 aromatic heterocycles. The van der Waals surface area contributed by atoms with E-state index in [0.29, 0.717) is 0 Å². The lowest BCUT2D eigenvalue weighted by Crippen LogP contribution is -1.95. The number of benzene rings is 11. The van der Waals surface area contributed by atoms with Crippen LogP contribution in [0.2, 0.25) is 0 Å². The SMILES string of the molecule is c1ccc(-n2c3ccccc3c3cc(-c4ccc5c6ccccc6n(-c6cccc(-c7cc8c9ccccc9c9ccccc9c8c8ccccc78)c6)c5c4)ccc32)cc1. The van der Waals surface area contributed by atoms with Gasteiger partial charge in [-0.2, -0.15) is 0 Å².